The summed E-state index contributed by atoms with van der Waals surface area (Å²) in [6.07, 6.45) is 3.08. The third-order valence-electron chi connectivity index (χ3n) is 6.67. The van der Waals surface area contributed by atoms with Crippen LogP contribution in [0.2, 0.25) is 0 Å². The van der Waals surface area contributed by atoms with Crippen molar-refractivity contribution >= 4 is 27.8 Å². The Morgan fingerprint density at radius 1 is 1.25 bits per heavy atom. The Hall–Kier alpha value is -3.23. The van der Waals surface area contributed by atoms with Gasteiger partial charge < -0.3 is 19.1 Å². The number of aromatic amines is 1. The molecular formula is C28H34FN3O4. The smallest absolute Gasteiger partial charge is 0.303 e. The molecule has 0 fully saturated rings. The summed E-state index contributed by atoms with van der Waals surface area (Å²) in [6, 6.07) is 10.7. The van der Waals surface area contributed by atoms with E-state index in [1.165, 1.54) is 12.1 Å². The zero-order valence-electron chi connectivity index (χ0n) is 21.3. The number of hydrogen-bond acceptors (Lipinski definition) is 4. The second-order valence-corrected chi connectivity index (χ2v) is 9.86. The Morgan fingerprint density at radius 2 is 2.00 bits per heavy atom. The molecule has 0 aliphatic carbocycles. The number of aromatic nitrogens is 3. The molecule has 0 amide bonds. The molecule has 36 heavy (non-hydrogen) atoms. The van der Waals surface area contributed by atoms with Crippen LogP contribution >= 0.6 is 0 Å². The van der Waals surface area contributed by atoms with Crippen LogP contribution in [0, 0.1) is 5.82 Å². The first-order chi connectivity index (χ1) is 17.3. The number of methoxy groups -OCH3 is 1. The van der Waals surface area contributed by atoms with Crippen LogP contribution in [0.4, 0.5) is 4.39 Å². The molecule has 4 rings (SSSR count). The molecule has 2 aromatic carbocycles. The Labute approximate surface area is 210 Å². The van der Waals surface area contributed by atoms with E-state index in [9.17, 15) is 14.3 Å². The number of fused-ring (bicyclic) bond motifs is 2. The average molecular weight is 496 g/mol. The normalized spacial score (nSPS) is 13.0. The predicted molar refractivity (Wildman–Crippen MR) is 139 cm³/mol. The molecular weight excluding hydrogens is 461 g/mol. The number of carboxylic acids is 1. The maximum absolute atomic E-state index is 13.9. The number of ether oxygens (including phenoxy) is 2. The first kappa shape index (κ1) is 25.9. The van der Waals surface area contributed by atoms with Gasteiger partial charge in [0.1, 0.15) is 5.82 Å². The van der Waals surface area contributed by atoms with Crippen LogP contribution in [-0.2, 0) is 19.7 Å². The molecule has 0 saturated heterocycles. The van der Waals surface area contributed by atoms with Crippen molar-refractivity contribution in [2.45, 2.75) is 51.4 Å². The molecule has 0 aliphatic heterocycles. The second-order valence-electron chi connectivity index (χ2n) is 9.86. The van der Waals surface area contributed by atoms with Crippen LogP contribution in [0.25, 0.3) is 27.5 Å². The quantitative estimate of drug-likeness (QED) is 0.254. The third kappa shape index (κ3) is 5.15. The van der Waals surface area contributed by atoms with Gasteiger partial charge >= 0.3 is 5.97 Å². The lowest BCUT2D eigenvalue weighted by Crippen LogP contribution is -2.29. The number of nitrogens with zero attached hydrogens (tertiary/aromatic N) is 2. The van der Waals surface area contributed by atoms with Crippen molar-refractivity contribution < 1.29 is 23.8 Å². The Bertz CT molecular complexity index is 1340. The third-order valence-corrected chi connectivity index (χ3v) is 6.67. The monoisotopic (exact) mass is 495 g/mol. The van der Waals surface area contributed by atoms with Crippen LogP contribution in [0.1, 0.15) is 57.2 Å². The van der Waals surface area contributed by atoms with Gasteiger partial charge in [0.2, 0.25) is 0 Å². The van der Waals surface area contributed by atoms with Gasteiger partial charge in [0.05, 0.1) is 30.4 Å². The first-order valence-corrected chi connectivity index (χ1v) is 12.3. The summed E-state index contributed by atoms with van der Waals surface area (Å²) < 4.78 is 27.7. The summed E-state index contributed by atoms with van der Waals surface area (Å²) >= 11 is 0. The highest BCUT2D eigenvalue weighted by Gasteiger charge is 2.34. The van der Waals surface area contributed by atoms with E-state index in [4.69, 9.17) is 9.47 Å². The number of rotatable bonds is 12. The molecule has 0 radical (unpaired) electrons. The minimum atomic E-state index is -0.807. The van der Waals surface area contributed by atoms with Gasteiger partial charge in [-0.05, 0) is 61.7 Å². The van der Waals surface area contributed by atoms with Crippen molar-refractivity contribution in [3.8, 4) is 5.69 Å². The fraction of sp³-hybridized carbons (Fsp3) is 0.429. The van der Waals surface area contributed by atoms with Crippen molar-refractivity contribution in [2.24, 2.45) is 0 Å². The Kier molecular flexibility index (Phi) is 7.76. The van der Waals surface area contributed by atoms with E-state index in [0.717, 1.165) is 38.8 Å². The summed E-state index contributed by atoms with van der Waals surface area (Å²) in [5.74, 6) is -1.15. The van der Waals surface area contributed by atoms with Gasteiger partial charge in [-0.2, -0.15) is 5.10 Å². The van der Waals surface area contributed by atoms with Crippen molar-refractivity contribution in [1.82, 2.24) is 14.8 Å². The molecule has 192 valence electrons. The van der Waals surface area contributed by atoms with E-state index in [0.29, 0.717) is 32.7 Å². The molecule has 7 nitrogen and oxygen atoms in total. The van der Waals surface area contributed by atoms with E-state index >= 15 is 0 Å². The maximum atomic E-state index is 13.9. The molecule has 2 heterocycles. The van der Waals surface area contributed by atoms with Crippen molar-refractivity contribution in [1.29, 1.82) is 0 Å². The number of aliphatic carboxylic acids is 1. The molecule has 0 unspecified atom stereocenters. The molecule has 0 spiro atoms. The molecule has 8 heteroatoms. The highest BCUT2D eigenvalue weighted by atomic mass is 19.1. The van der Waals surface area contributed by atoms with Gasteiger partial charge in [0, 0.05) is 53.6 Å². The summed E-state index contributed by atoms with van der Waals surface area (Å²) in [7, 11) is 1.69. The minimum Gasteiger partial charge on any atom is -0.481 e. The summed E-state index contributed by atoms with van der Waals surface area (Å²) in [5.41, 5.74) is 4.47. The summed E-state index contributed by atoms with van der Waals surface area (Å²) in [5, 5.41) is 18.6. The van der Waals surface area contributed by atoms with E-state index in [1.807, 2.05) is 6.92 Å². The Morgan fingerprint density at radius 3 is 2.67 bits per heavy atom. The summed E-state index contributed by atoms with van der Waals surface area (Å²) in [6.45, 7) is 7.73. The standard InChI is InChI=1S/C28H34FN3O4/c1-5-36-16-18(7-6-8-25(33)34)26-22-14-23-19(15-30-31-23)13-24(22)32(21-11-9-20(29)10-12-21)27(26)28(2,3)17-35-4/h9-15,18H,5-8,16-17H2,1-4H3,(H,30,31)(H,33,34)/t18-/m1/s1. The molecule has 2 aromatic heterocycles. The highest BCUT2D eigenvalue weighted by Crippen LogP contribution is 2.43. The highest BCUT2D eigenvalue weighted by molar-refractivity contribution is 5.99. The van der Waals surface area contributed by atoms with Crippen LogP contribution in [0.15, 0.2) is 42.6 Å². The van der Waals surface area contributed by atoms with Crippen LogP contribution in [0.5, 0.6) is 0 Å². The summed E-state index contributed by atoms with van der Waals surface area (Å²) in [4.78, 5) is 11.3. The van der Waals surface area contributed by atoms with Crippen molar-refractivity contribution in [2.75, 3.05) is 26.9 Å². The zero-order chi connectivity index (χ0) is 25.9. The van der Waals surface area contributed by atoms with Gasteiger partial charge in [0.15, 0.2) is 0 Å². The van der Waals surface area contributed by atoms with Crippen molar-refractivity contribution in [3.63, 3.8) is 0 Å². The van der Waals surface area contributed by atoms with Crippen LogP contribution < -0.4 is 0 Å². The predicted octanol–water partition coefficient (Wildman–Crippen LogP) is 5.94. The van der Waals surface area contributed by atoms with Gasteiger partial charge in [-0.1, -0.05) is 13.8 Å². The largest absolute Gasteiger partial charge is 0.481 e. The maximum Gasteiger partial charge on any atom is 0.303 e. The van der Waals surface area contributed by atoms with E-state index in [-0.39, 0.29) is 18.2 Å². The lowest BCUT2D eigenvalue weighted by atomic mass is 9.81. The number of nitrogens with one attached hydrogen (secondary N) is 1. The SMILES string of the molecule is CCOC[C@@H](CCCC(=O)O)c1c(C(C)(C)COC)n(-c2ccc(F)cc2)c2cc3cn[nH]c3cc12. The van der Waals surface area contributed by atoms with E-state index in [2.05, 4.69) is 40.7 Å². The number of carboxylic acid groups (broad SMARTS) is 1. The van der Waals surface area contributed by atoms with Gasteiger partial charge in [-0.25, -0.2) is 4.39 Å². The molecule has 2 N–H and O–H groups in total. The number of hydrogen-bond donors (Lipinski definition) is 2. The van der Waals surface area contributed by atoms with E-state index < -0.39 is 11.4 Å². The average Bonchev–Trinajstić information content (AvgIpc) is 3.42. The molecule has 0 bridgehead atoms. The molecule has 0 aliphatic rings. The Balaban J connectivity index is 2.06. The fourth-order valence-corrected chi connectivity index (χ4v) is 5.19. The fourth-order valence-electron chi connectivity index (χ4n) is 5.19. The number of halogens is 1. The van der Waals surface area contributed by atoms with Crippen molar-refractivity contribution in [3.05, 3.63) is 59.7 Å². The van der Waals surface area contributed by atoms with E-state index in [1.54, 1.807) is 25.4 Å². The molecule has 1 atom stereocenters. The number of carbonyl (C=O) groups is 1. The van der Waals surface area contributed by atoms with Gasteiger partial charge in [-0.3, -0.25) is 9.89 Å². The molecule has 4 aromatic rings. The topological polar surface area (TPSA) is 89.4 Å². The number of benzene rings is 2. The van der Waals surface area contributed by atoms with Crippen LogP contribution in [-0.4, -0.2) is 52.8 Å². The number of H-pyrrole nitrogens is 1. The minimum absolute atomic E-state index is 0.0417. The zero-order valence-corrected chi connectivity index (χ0v) is 21.3. The van der Waals surface area contributed by atoms with Crippen LogP contribution in [0.3, 0.4) is 0 Å². The lowest BCUT2D eigenvalue weighted by Gasteiger charge is -2.30. The van der Waals surface area contributed by atoms with Gasteiger partial charge in [-0.15, -0.1) is 0 Å². The van der Waals surface area contributed by atoms with Gasteiger partial charge in [0.25, 0.3) is 0 Å². The first-order valence-electron chi connectivity index (χ1n) is 12.3. The second kappa shape index (κ2) is 10.8. The lowest BCUT2D eigenvalue weighted by molar-refractivity contribution is -0.137. The molecule has 0 saturated carbocycles.